The number of hydrogen-bond donors (Lipinski definition) is 0. The zero-order valence-electron chi connectivity index (χ0n) is 11.8. The van der Waals surface area contributed by atoms with Crippen molar-refractivity contribution in [3.8, 4) is 11.4 Å². The smallest absolute Gasteiger partial charge is 0.235 e. The van der Waals surface area contributed by atoms with E-state index in [4.69, 9.17) is 4.42 Å². The van der Waals surface area contributed by atoms with Gasteiger partial charge in [0.1, 0.15) is 10.8 Å². The average Bonchev–Trinajstić information content (AvgIpc) is 3.22. The van der Waals surface area contributed by atoms with Crippen LogP contribution in [0, 0.1) is 6.92 Å². The normalized spacial score (nSPS) is 11.7. The van der Waals surface area contributed by atoms with E-state index in [1.165, 1.54) is 16.9 Å². The average molecular weight is 308 g/mol. The van der Waals surface area contributed by atoms with Crippen LogP contribution < -0.4 is 0 Å². The van der Waals surface area contributed by atoms with Crippen LogP contribution in [0.5, 0.6) is 0 Å². The van der Waals surface area contributed by atoms with Crippen molar-refractivity contribution < 1.29 is 4.42 Å². The van der Waals surface area contributed by atoms with Crippen molar-refractivity contribution in [3.63, 3.8) is 0 Å². The van der Waals surface area contributed by atoms with E-state index in [0.717, 1.165) is 27.1 Å². The van der Waals surface area contributed by atoms with Gasteiger partial charge in [-0.15, -0.1) is 10.2 Å². The summed E-state index contributed by atoms with van der Waals surface area (Å²) in [7, 11) is 0. The van der Waals surface area contributed by atoms with Gasteiger partial charge in [-0.1, -0.05) is 35.1 Å². The lowest BCUT2D eigenvalue weighted by Gasteiger charge is -1.98. The first-order chi connectivity index (χ1) is 10.8. The van der Waals surface area contributed by atoms with Crippen LogP contribution in [0.4, 0.5) is 0 Å². The molecule has 0 aliphatic heterocycles. The predicted octanol–water partition coefficient (Wildman–Crippen LogP) is 3.92. The van der Waals surface area contributed by atoms with E-state index < -0.39 is 0 Å². The first kappa shape index (κ1) is 13.0. The van der Waals surface area contributed by atoms with Gasteiger partial charge in [-0.25, -0.2) is 0 Å². The van der Waals surface area contributed by atoms with Crippen molar-refractivity contribution in [1.29, 1.82) is 0 Å². The summed E-state index contributed by atoms with van der Waals surface area (Å²) in [6.45, 7) is 2.06. The van der Waals surface area contributed by atoms with Gasteiger partial charge in [-0.05, 0) is 37.3 Å². The summed E-state index contributed by atoms with van der Waals surface area (Å²) in [5.74, 6) is 1.55. The van der Waals surface area contributed by atoms with Crippen LogP contribution >= 0.6 is 11.3 Å². The third-order valence-electron chi connectivity index (χ3n) is 3.22. The Bertz CT molecular complexity index is 950. The van der Waals surface area contributed by atoms with Gasteiger partial charge in [-0.3, -0.25) is 0 Å². The molecule has 0 unspecified atom stereocenters. The second-order valence-corrected chi connectivity index (χ2v) is 5.86. The van der Waals surface area contributed by atoms with E-state index >= 15 is 0 Å². The minimum absolute atomic E-state index is 0.757. The molecule has 5 nitrogen and oxygen atoms in total. The van der Waals surface area contributed by atoms with E-state index in [9.17, 15) is 0 Å². The fraction of sp³-hybridized carbons (Fsp3) is 0.0625. The number of nitrogens with zero attached hydrogens (tertiary/aromatic N) is 4. The van der Waals surface area contributed by atoms with Gasteiger partial charge in [0.15, 0.2) is 5.82 Å². The Labute approximate surface area is 130 Å². The van der Waals surface area contributed by atoms with Crippen molar-refractivity contribution >= 4 is 28.4 Å². The van der Waals surface area contributed by atoms with Crippen molar-refractivity contribution in [2.45, 2.75) is 6.92 Å². The Hall–Kier alpha value is -2.73. The summed E-state index contributed by atoms with van der Waals surface area (Å²) >= 11 is 1.49. The van der Waals surface area contributed by atoms with Gasteiger partial charge >= 0.3 is 0 Å². The monoisotopic (exact) mass is 308 g/mol. The molecule has 0 spiro atoms. The molecule has 0 amide bonds. The topological polar surface area (TPSA) is 56.2 Å². The fourth-order valence-corrected chi connectivity index (χ4v) is 2.94. The van der Waals surface area contributed by atoms with Gasteiger partial charge in [0.05, 0.1) is 6.26 Å². The molecule has 0 aliphatic rings. The van der Waals surface area contributed by atoms with Gasteiger partial charge < -0.3 is 4.42 Å². The molecular formula is C16H12N4OS. The van der Waals surface area contributed by atoms with E-state index in [1.54, 1.807) is 10.8 Å². The van der Waals surface area contributed by atoms with Crippen LogP contribution in [0.3, 0.4) is 0 Å². The maximum absolute atomic E-state index is 5.27. The predicted molar refractivity (Wildman–Crippen MR) is 86.5 cm³/mol. The molecular weight excluding hydrogens is 296 g/mol. The van der Waals surface area contributed by atoms with Crippen LogP contribution in [0.15, 0.2) is 47.1 Å². The molecule has 3 aromatic heterocycles. The number of benzene rings is 1. The minimum atomic E-state index is 0.757. The minimum Gasteiger partial charge on any atom is -0.465 e. The molecule has 0 fully saturated rings. The summed E-state index contributed by atoms with van der Waals surface area (Å²) in [4.78, 5) is 0.774. The van der Waals surface area contributed by atoms with Crippen LogP contribution in [0.1, 0.15) is 16.3 Å². The molecule has 4 aromatic rings. The highest BCUT2D eigenvalue weighted by atomic mass is 32.1. The number of furan rings is 1. The number of aryl methyl sites for hydroxylation is 1. The molecule has 0 saturated heterocycles. The van der Waals surface area contributed by atoms with Crippen LogP contribution in [0.25, 0.3) is 28.5 Å². The summed E-state index contributed by atoms with van der Waals surface area (Å²) in [6, 6.07) is 11.9. The van der Waals surface area contributed by atoms with E-state index in [-0.39, 0.29) is 0 Å². The molecule has 3 heterocycles. The molecule has 4 rings (SSSR count). The van der Waals surface area contributed by atoms with Crippen molar-refractivity contribution in [3.05, 3.63) is 59.0 Å². The van der Waals surface area contributed by atoms with Gasteiger partial charge in [0.25, 0.3) is 0 Å². The quantitative estimate of drug-likeness (QED) is 0.575. The lowest BCUT2D eigenvalue weighted by atomic mass is 10.1. The Kier molecular flexibility index (Phi) is 3.08. The standard InChI is InChI=1S/C16H12N4OS/c1-11-4-2-5-12(10-11)15-17-18-16-20(15)19-14(22-16)8-7-13-6-3-9-21-13/h2-10H,1H3. The van der Waals surface area contributed by atoms with Gasteiger partial charge in [-0.2, -0.15) is 9.61 Å². The second kappa shape index (κ2) is 5.23. The second-order valence-electron chi connectivity index (χ2n) is 4.88. The molecule has 0 radical (unpaired) electrons. The molecule has 1 aromatic carbocycles. The summed E-state index contributed by atoms with van der Waals surface area (Å²) in [6.07, 6.45) is 5.45. The summed E-state index contributed by atoms with van der Waals surface area (Å²) < 4.78 is 7.05. The maximum atomic E-state index is 5.27. The maximum Gasteiger partial charge on any atom is 0.235 e. The van der Waals surface area contributed by atoms with Gasteiger partial charge in [0, 0.05) is 5.56 Å². The van der Waals surface area contributed by atoms with Crippen LogP contribution in [0.2, 0.25) is 0 Å². The first-order valence-corrected chi connectivity index (χ1v) is 7.62. The van der Waals surface area contributed by atoms with Gasteiger partial charge in [0.2, 0.25) is 4.96 Å². The highest BCUT2D eigenvalue weighted by Crippen LogP contribution is 2.23. The Morgan fingerprint density at radius 1 is 1.14 bits per heavy atom. The number of fused-ring (bicyclic) bond motifs is 1. The number of rotatable bonds is 3. The third-order valence-corrected chi connectivity index (χ3v) is 4.08. The lowest BCUT2D eigenvalue weighted by molar-refractivity contribution is 0.557. The third kappa shape index (κ3) is 2.33. The highest BCUT2D eigenvalue weighted by Gasteiger charge is 2.12. The molecule has 0 atom stereocenters. The largest absolute Gasteiger partial charge is 0.465 e. The summed E-state index contributed by atoms with van der Waals surface area (Å²) in [5.41, 5.74) is 2.20. The Morgan fingerprint density at radius 3 is 2.91 bits per heavy atom. The lowest BCUT2D eigenvalue weighted by Crippen LogP contribution is -1.91. The first-order valence-electron chi connectivity index (χ1n) is 6.80. The SMILES string of the molecule is Cc1cccc(-c2nnc3sc(C=Cc4ccco4)nn23)c1. The van der Waals surface area contributed by atoms with E-state index in [0.29, 0.717) is 0 Å². The van der Waals surface area contributed by atoms with Crippen molar-refractivity contribution in [2.24, 2.45) is 0 Å². The zero-order valence-corrected chi connectivity index (χ0v) is 12.6. The number of hydrogen-bond acceptors (Lipinski definition) is 5. The molecule has 22 heavy (non-hydrogen) atoms. The molecule has 0 saturated carbocycles. The van der Waals surface area contributed by atoms with Crippen LogP contribution in [-0.4, -0.2) is 19.8 Å². The van der Waals surface area contributed by atoms with Crippen molar-refractivity contribution in [2.75, 3.05) is 0 Å². The molecule has 6 heteroatoms. The highest BCUT2D eigenvalue weighted by molar-refractivity contribution is 7.17. The molecule has 0 N–H and O–H groups in total. The van der Waals surface area contributed by atoms with E-state index in [1.807, 2.05) is 36.4 Å². The molecule has 0 aliphatic carbocycles. The fourth-order valence-electron chi connectivity index (χ4n) is 2.20. The number of aromatic nitrogens is 4. The molecule has 0 bridgehead atoms. The van der Waals surface area contributed by atoms with Crippen LogP contribution in [-0.2, 0) is 0 Å². The van der Waals surface area contributed by atoms with E-state index in [2.05, 4.69) is 34.4 Å². The zero-order chi connectivity index (χ0) is 14.9. The molecule has 108 valence electrons. The Morgan fingerprint density at radius 2 is 2.09 bits per heavy atom. The summed E-state index contributed by atoms with van der Waals surface area (Å²) in [5, 5.41) is 13.9. The Balaban J connectivity index is 1.73. The van der Waals surface area contributed by atoms with Crippen molar-refractivity contribution in [1.82, 2.24) is 19.8 Å².